The van der Waals surface area contributed by atoms with Crippen LogP contribution in [-0.4, -0.2) is 35.2 Å². The van der Waals surface area contributed by atoms with Crippen molar-refractivity contribution in [3.63, 3.8) is 0 Å². The molecule has 0 spiro atoms. The number of rotatable bonds is 1. The molecule has 0 aliphatic carbocycles. The third-order valence-corrected chi connectivity index (χ3v) is 3.64. The Balaban J connectivity index is 2.03. The number of hydrogen-bond donors (Lipinski definition) is 2. The Bertz CT molecular complexity index is 458. The van der Waals surface area contributed by atoms with Gasteiger partial charge in [-0.25, -0.2) is 0 Å². The number of anilines is 3. The van der Waals surface area contributed by atoms with E-state index in [2.05, 4.69) is 27.1 Å². The Kier molecular flexibility index (Phi) is 2.65. The Morgan fingerprint density at radius 2 is 2.00 bits per heavy atom. The Labute approximate surface area is 107 Å². The SMILES string of the molecule is C[C@@H]1Nc2nc(N)nc(N3CCCC3)c2O[C@H]1C. The lowest BCUT2D eigenvalue weighted by molar-refractivity contribution is 0.192. The fourth-order valence-electron chi connectivity index (χ4n) is 2.43. The molecule has 3 rings (SSSR count). The lowest BCUT2D eigenvalue weighted by Gasteiger charge is -2.32. The highest BCUT2D eigenvalue weighted by Crippen LogP contribution is 2.39. The molecule has 2 aliphatic heterocycles. The van der Waals surface area contributed by atoms with Crippen LogP contribution in [0.25, 0.3) is 0 Å². The zero-order chi connectivity index (χ0) is 12.7. The molecule has 1 aromatic rings. The molecule has 98 valence electrons. The normalized spacial score (nSPS) is 26.4. The summed E-state index contributed by atoms with van der Waals surface area (Å²) in [7, 11) is 0. The molecule has 0 bridgehead atoms. The second kappa shape index (κ2) is 4.19. The maximum absolute atomic E-state index is 5.96. The molecule has 18 heavy (non-hydrogen) atoms. The number of ether oxygens (including phenoxy) is 1. The van der Waals surface area contributed by atoms with Gasteiger partial charge in [0, 0.05) is 13.1 Å². The summed E-state index contributed by atoms with van der Waals surface area (Å²) >= 11 is 0. The summed E-state index contributed by atoms with van der Waals surface area (Å²) in [6.07, 6.45) is 2.49. The highest BCUT2D eigenvalue weighted by atomic mass is 16.5. The summed E-state index contributed by atoms with van der Waals surface area (Å²) < 4.78 is 5.96. The molecular formula is C12H19N5O. The van der Waals surface area contributed by atoms with E-state index in [4.69, 9.17) is 10.5 Å². The Morgan fingerprint density at radius 1 is 1.28 bits per heavy atom. The van der Waals surface area contributed by atoms with Crippen LogP contribution in [0.3, 0.4) is 0 Å². The van der Waals surface area contributed by atoms with Gasteiger partial charge >= 0.3 is 0 Å². The minimum atomic E-state index is 0.103. The van der Waals surface area contributed by atoms with Gasteiger partial charge in [-0.15, -0.1) is 0 Å². The van der Waals surface area contributed by atoms with Crippen LogP contribution in [0.4, 0.5) is 17.6 Å². The van der Waals surface area contributed by atoms with Gasteiger partial charge in [0.15, 0.2) is 11.6 Å². The third kappa shape index (κ3) is 1.81. The first kappa shape index (κ1) is 11.4. The van der Waals surface area contributed by atoms with Crippen molar-refractivity contribution in [1.82, 2.24) is 9.97 Å². The summed E-state index contributed by atoms with van der Waals surface area (Å²) in [6, 6.07) is 0.221. The fraction of sp³-hybridized carbons (Fsp3) is 0.667. The quantitative estimate of drug-likeness (QED) is 0.780. The fourth-order valence-corrected chi connectivity index (χ4v) is 2.43. The van der Waals surface area contributed by atoms with Crippen LogP contribution in [0.2, 0.25) is 0 Å². The minimum Gasteiger partial charge on any atom is -0.481 e. The standard InChI is InChI=1S/C12H19N5O/c1-7-8(2)18-9-10(14-7)15-12(13)16-11(9)17-5-3-4-6-17/h7-8H,3-6H2,1-2H3,(H3,13,14,15,16)/t7-,8-/m0/s1. The average Bonchev–Trinajstić information content (AvgIpc) is 2.84. The van der Waals surface area contributed by atoms with E-state index in [0.717, 1.165) is 30.5 Å². The maximum Gasteiger partial charge on any atom is 0.224 e. The van der Waals surface area contributed by atoms with E-state index >= 15 is 0 Å². The first-order chi connectivity index (χ1) is 8.65. The van der Waals surface area contributed by atoms with Crippen LogP contribution >= 0.6 is 0 Å². The van der Waals surface area contributed by atoms with Crippen LogP contribution in [-0.2, 0) is 0 Å². The van der Waals surface area contributed by atoms with Crippen LogP contribution in [0.15, 0.2) is 0 Å². The van der Waals surface area contributed by atoms with Crippen molar-refractivity contribution >= 4 is 17.6 Å². The summed E-state index contributed by atoms with van der Waals surface area (Å²) in [5.74, 6) is 2.60. The molecule has 6 nitrogen and oxygen atoms in total. The highest BCUT2D eigenvalue weighted by Gasteiger charge is 2.30. The van der Waals surface area contributed by atoms with Gasteiger partial charge in [0.05, 0.1) is 6.04 Å². The molecule has 1 fully saturated rings. The molecule has 0 aromatic carbocycles. The number of nitrogens with zero attached hydrogens (tertiary/aromatic N) is 3. The number of nitrogens with one attached hydrogen (secondary N) is 1. The van der Waals surface area contributed by atoms with E-state index in [1.54, 1.807) is 0 Å². The van der Waals surface area contributed by atoms with Gasteiger partial charge < -0.3 is 20.7 Å². The van der Waals surface area contributed by atoms with Gasteiger partial charge in [-0.3, -0.25) is 0 Å². The molecule has 1 saturated heterocycles. The molecular weight excluding hydrogens is 230 g/mol. The van der Waals surface area contributed by atoms with E-state index in [9.17, 15) is 0 Å². The van der Waals surface area contributed by atoms with E-state index in [0.29, 0.717) is 5.95 Å². The number of aromatic nitrogens is 2. The molecule has 6 heteroatoms. The summed E-state index contributed by atoms with van der Waals surface area (Å²) in [6.45, 7) is 6.14. The van der Waals surface area contributed by atoms with E-state index in [1.165, 1.54) is 12.8 Å². The van der Waals surface area contributed by atoms with Gasteiger partial charge in [0.2, 0.25) is 11.7 Å². The average molecular weight is 249 g/mol. The van der Waals surface area contributed by atoms with Gasteiger partial charge in [-0.2, -0.15) is 9.97 Å². The van der Waals surface area contributed by atoms with Crippen molar-refractivity contribution < 1.29 is 4.74 Å². The molecule has 2 aliphatic rings. The zero-order valence-corrected chi connectivity index (χ0v) is 10.8. The summed E-state index contributed by atoms with van der Waals surface area (Å²) in [5.41, 5.74) is 5.79. The molecule has 0 radical (unpaired) electrons. The number of nitrogens with two attached hydrogens (primary N) is 1. The van der Waals surface area contributed by atoms with Crippen molar-refractivity contribution in [1.29, 1.82) is 0 Å². The van der Waals surface area contributed by atoms with Gasteiger partial charge in [-0.1, -0.05) is 0 Å². The zero-order valence-electron chi connectivity index (χ0n) is 10.8. The number of hydrogen-bond acceptors (Lipinski definition) is 6. The molecule has 3 N–H and O–H groups in total. The van der Waals surface area contributed by atoms with E-state index < -0.39 is 0 Å². The van der Waals surface area contributed by atoms with Crippen LogP contribution < -0.4 is 20.7 Å². The van der Waals surface area contributed by atoms with Crippen molar-refractivity contribution in [3.8, 4) is 5.75 Å². The van der Waals surface area contributed by atoms with Crippen LogP contribution in [0.5, 0.6) is 5.75 Å². The van der Waals surface area contributed by atoms with E-state index in [1.807, 2.05) is 6.92 Å². The van der Waals surface area contributed by atoms with Gasteiger partial charge in [0.1, 0.15) is 6.10 Å². The van der Waals surface area contributed by atoms with Gasteiger partial charge in [0.25, 0.3) is 0 Å². The molecule has 1 aromatic heterocycles. The molecule has 0 saturated carbocycles. The molecule has 2 atom stereocenters. The highest BCUT2D eigenvalue weighted by molar-refractivity contribution is 5.68. The molecule has 0 unspecified atom stereocenters. The van der Waals surface area contributed by atoms with Crippen molar-refractivity contribution in [2.75, 3.05) is 29.0 Å². The lowest BCUT2D eigenvalue weighted by atomic mass is 10.2. The van der Waals surface area contributed by atoms with Crippen molar-refractivity contribution in [2.45, 2.75) is 38.8 Å². The first-order valence-electron chi connectivity index (χ1n) is 6.51. The Morgan fingerprint density at radius 3 is 2.72 bits per heavy atom. The van der Waals surface area contributed by atoms with Crippen molar-refractivity contribution in [2.24, 2.45) is 0 Å². The third-order valence-electron chi connectivity index (χ3n) is 3.64. The lowest BCUT2D eigenvalue weighted by Crippen LogP contribution is -2.38. The maximum atomic E-state index is 5.96. The monoisotopic (exact) mass is 249 g/mol. The topological polar surface area (TPSA) is 76.3 Å². The predicted molar refractivity (Wildman–Crippen MR) is 71.1 cm³/mol. The predicted octanol–water partition coefficient (Wildman–Crippen LogP) is 1.24. The number of nitrogen functional groups attached to an aromatic ring is 1. The second-order valence-corrected chi connectivity index (χ2v) is 5.03. The summed E-state index contributed by atoms with van der Waals surface area (Å²) in [5, 5.41) is 3.33. The van der Waals surface area contributed by atoms with Crippen molar-refractivity contribution in [3.05, 3.63) is 0 Å². The smallest absolute Gasteiger partial charge is 0.224 e. The minimum absolute atomic E-state index is 0.103. The largest absolute Gasteiger partial charge is 0.481 e. The first-order valence-corrected chi connectivity index (χ1v) is 6.51. The molecule has 3 heterocycles. The second-order valence-electron chi connectivity index (χ2n) is 5.03. The summed E-state index contributed by atoms with van der Waals surface area (Å²) in [4.78, 5) is 10.8. The van der Waals surface area contributed by atoms with Crippen LogP contribution in [0, 0.1) is 0 Å². The Hall–Kier alpha value is -1.72. The van der Waals surface area contributed by atoms with E-state index in [-0.39, 0.29) is 12.1 Å². The molecule has 0 amide bonds. The number of fused-ring (bicyclic) bond motifs is 1. The van der Waals surface area contributed by atoms with Crippen LogP contribution in [0.1, 0.15) is 26.7 Å². The van der Waals surface area contributed by atoms with Gasteiger partial charge in [-0.05, 0) is 26.7 Å².